The molecule has 0 radical (unpaired) electrons. The Morgan fingerprint density at radius 1 is 1.07 bits per heavy atom. The van der Waals surface area contributed by atoms with Crippen LogP contribution in [0, 0.1) is 0 Å². The van der Waals surface area contributed by atoms with E-state index in [-0.39, 0.29) is 5.56 Å². The van der Waals surface area contributed by atoms with Crippen LogP contribution in [0.2, 0.25) is 0 Å². The Labute approximate surface area is 161 Å². The number of thiophene rings is 1. The van der Waals surface area contributed by atoms with Crippen molar-refractivity contribution in [2.45, 2.75) is 20.3 Å². The van der Waals surface area contributed by atoms with E-state index in [0.717, 1.165) is 6.42 Å². The van der Waals surface area contributed by atoms with Crippen LogP contribution in [0.5, 0.6) is 11.5 Å². The highest BCUT2D eigenvalue weighted by molar-refractivity contribution is 7.12. The molecule has 0 aliphatic rings. The van der Waals surface area contributed by atoms with Crippen LogP contribution in [0.3, 0.4) is 0 Å². The molecule has 0 saturated carbocycles. The van der Waals surface area contributed by atoms with Crippen molar-refractivity contribution in [2.75, 3.05) is 19.8 Å². The maximum Gasteiger partial charge on any atom is 0.338 e. The number of nitrogens with one attached hydrogen (secondary N) is 1. The Morgan fingerprint density at radius 3 is 2.56 bits per heavy atom. The molecule has 1 aromatic heterocycles. The highest BCUT2D eigenvalue weighted by atomic mass is 32.1. The minimum absolute atomic E-state index is 0.222. The van der Waals surface area contributed by atoms with Crippen LogP contribution in [0.15, 0.2) is 35.7 Å². The van der Waals surface area contributed by atoms with Gasteiger partial charge in [-0.05, 0) is 43.0 Å². The fourth-order valence-electron chi connectivity index (χ4n) is 2.08. The van der Waals surface area contributed by atoms with Crippen LogP contribution in [-0.2, 0) is 9.53 Å². The number of hydrogen-bond acceptors (Lipinski definition) is 7. The number of imide groups is 1. The molecule has 0 spiro atoms. The second kappa shape index (κ2) is 10.3. The SMILES string of the molecule is CCCOc1ccc(C(=O)OCC(=O)NC(=O)c2cccs2)cc1OCC. The molecule has 7 nitrogen and oxygen atoms in total. The summed E-state index contributed by atoms with van der Waals surface area (Å²) in [6.07, 6.45) is 0.842. The second-order valence-electron chi connectivity index (χ2n) is 5.37. The van der Waals surface area contributed by atoms with E-state index in [9.17, 15) is 14.4 Å². The summed E-state index contributed by atoms with van der Waals surface area (Å²) < 4.78 is 16.0. The highest BCUT2D eigenvalue weighted by Crippen LogP contribution is 2.29. The molecule has 8 heteroatoms. The standard InChI is InChI=1S/C19H21NO6S/c1-3-9-25-14-8-7-13(11-15(14)24-4-2)19(23)26-12-17(21)20-18(22)16-6-5-10-27-16/h5-8,10-11H,3-4,9,12H2,1-2H3,(H,20,21,22). The summed E-state index contributed by atoms with van der Waals surface area (Å²) in [6, 6.07) is 7.96. The fourth-order valence-corrected chi connectivity index (χ4v) is 2.70. The van der Waals surface area contributed by atoms with Gasteiger partial charge in [-0.1, -0.05) is 13.0 Å². The van der Waals surface area contributed by atoms with Crippen molar-refractivity contribution in [1.82, 2.24) is 5.32 Å². The molecule has 2 rings (SSSR count). The average molecular weight is 391 g/mol. The molecule has 0 bridgehead atoms. The van der Waals surface area contributed by atoms with E-state index in [0.29, 0.717) is 29.6 Å². The van der Waals surface area contributed by atoms with Crippen molar-refractivity contribution in [1.29, 1.82) is 0 Å². The van der Waals surface area contributed by atoms with Gasteiger partial charge in [0.05, 0.1) is 23.7 Å². The molecule has 0 aliphatic carbocycles. The first-order chi connectivity index (χ1) is 13.0. The van der Waals surface area contributed by atoms with Crippen molar-refractivity contribution in [3.63, 3.8) is 0 Å². The number of benzene rings is 1. The van der Waals surface area contributed by atoms with Crippen LogP contribution in [-0.4, -0.2) is 37.6 Å². The van der Waals surface area contributed by atoms with E-state index in [1.54, 1.807) is 23.6 Å². The van der Waals surface area contributed by atoms with E-state index < -0.39 is 24.4 Å². The number of esters is 1. The van der Waals surface area contributed by atoms with E-state index in [4.69, 9.17) is 14.2 Å². The summed E-state index contributed by atoms with van der Waals surface area (Å²) >= 11 is 1.21. The van der Waals surface area contributed by atoms with Crippen LogP contribution >= 0.6 is 11.3 Å². The maximum atomic E-state index is 12.2. The average Bonchev–Trinajstić information content (AvgIpc) is 3.20. The Bertz CT molecular complexity index is 788. The molecule has 2 aromatic rings. The predicted molar refractivity (Wildman–Crippen MR) is 100 cm³/mol. The molecule has 27 heavy (non-hydrogen) atoms. The quantitative estimate of drug-likeness (QED) is 0.661. The summed E-state index contributed by atoms with van der Waals surface area (Å²) in [5, 5.41) is 3.89. The van der Waals surface area contributed by atoms with E-state index in [1.165, 1.54) is 23.5 Å². The van der Waals surface area contributed by atoms with Crippen molar-refractivity contribution >= 4 is 29.1 Å². The highest BCUT2D eigenvalue weighted by Gasteiger charge is 2.16. The first-order valence-electron chi connectivity index (χ1n) is 8.49. The lowest BCUT2D eigenvalue weighted by Crippen LogP contribution is -2.33. The van der Waals surface area contributed by atoms with E-state index >= 15 is 0 Å². The van der Waals surface area contributed by atoms with Gasteiger partial charge in [-0.15, -0.1) is 11.3 Å². The number of rotatable bonds is 9. The Hall–Kier alpha value is -2.87. The summed E-state index contributed by atoms with van der Waals surface area (Å²) in [5.41, 5.74) is 0.222. The smallest absolute Gasteiger partial charge is 0.338 e. The summed E-state index contributed by atoms with van der Waals surface area (Å²) in [6.45, 7) is 4.19. The van der Waals surface area contributed by atoms with Gasteiger partial charge in [-0.3, -0.25) is 14.9 Å². The van der Waals surface area contributed by atoms with Gasteiger partial charge in [0.25, 0.3) is 11.8 Å². The molecule has 144 valence electrons. The number of carbonyl (C=O) groups excluding carboxylic acids is 3. The van der Waals surface area contributed by atoms with Gasteiger partial charge in [0, 0.05) is 0 Å². The Kier molecular flexibility index (Phi) is 7.81. The lowest BCUT2D eigenvalue weighted by molar-refractivity contribution is -0.123. The first-order valence-corrected chi connectivity index (χ1v) is 9.37. The zero-order valence-electron chi connectivity index (χ0n) is 15.2. The van der Waals surface area contributed by atoms with Gasteiger partial charge in [-0.2, -0.15) is 0 Å². The second-order valence-corrected chi connectivity index (χ2v) is 6.32. The normalized spacial score (nSPS) is 10.1. The molecule has 2 amide bonds. The molecule has 0 unspecified atom stereocenters. The number of amides is 2. The topological polar surface area (TPSA) is 90.9 Å². The monoisotopic (exact) mass is 391 g/mol. The number of ether oxygens (including phenoxy) is 3. The summed E-state index contributed by atoms with van der Waals surface area (Å²) in [7, 11) is 0. The van der Waals surface area contributed by atoms with Crippen LogP contribution in [0.25, 0.3) is 0 Å². The van der Waals surface area contributed by atoms with Gasteiger partial charge in [0.2, 0.25) is 0 Å². The lowest BCUT2D eigenvalue weighted by Gasteiger charge is -2.12. The third kappa shape index (κ3) is 6.10. The maximum absolute atomic E-state index is 12.2. The molecular formula is C19H21NO6S. The zero-order valence-corrected chi connectivity index (χ0v) is 16.0. The molecular weight excluding hydrogens is 370 g/mol. The van der Waals surface area contributed by atoms with Crippen LogP contribution in [0.1, 0.15) is 40.3 Å². The van der Waals surface area contributed by atoms with Gasteiger partial charge in [0.1, 0.15) is 0 Å². The van der Waals surface area contributed by atoms with Crippen molar-refractivity contribution < 1.29 is 28.6 Å². The molecule has 0 atom stereocenters. The van der Waals surface area contributed by atoms with Gasteiger partial charge >= 0.3 is 5.97 Å². The van der Waals surface area contributed by atoms with Crippen molar-refractivity contribution in [2.24, 2.45) is 0 Å². The fraction of sp³-hybridized carbons (Fsp3) is 0.316. The minimum atomic E-state index is -0.699. The Balaban J connectivity index is 1.93. The first kappa shape index (κ1) is 20.4. The van der Waals surface area contributed by atoms with Gasteiger partial charge < -0.3 is 14.2 Å². The zero-order chi connectivity index (χ0) is 19.6. The number of hydrogen-bond donors (Lipinski definition) is 1. The number of carbonyl (C=O) groups is 3. The third-order valence-corrected chi connectivity index (χ3v) is 4.14. The molecule has 0 aliphatic heterocycles. The van der Waals surface area contributed by atoms with E-state index in [2.05, 4.69) is 5.32 Å². The van der Waals surface area contributed by atoms with E-state index in [1.807, 2.05) is 13.8 Å². The summed E-state index contributed by atoms with van der Waals surface area (Å²) in [4.78, 5) is 36.1. The van der Waals surface area contributed by atoms with Gasteiger partial charge in [-0.25, -0.2) is 4.79 Å². The van der Waals surface area contributed by atoms with Crippen molar-refractivity contribution in [3.05, 3.63) is 46.2 Å². The van der Waals surface area contributed by atoms with Crippen LogP contribution < -0.4 is 14.8 Å². The molecule has 1 N–H and O–H groups in total. The molecule has 1 aromatic carbocycles. The lowest BCUT2D eigenvalue weighted by atomic mass is 10.2. The predicted octanol–water partition coefficient (Wildman–Crippen LogP) is 3.05. The molecule has 1 heterocycles. The van der Waals surface area contributed by atoms with Crippen molar-refractivity contribution in [3.8, 4) is 11.5 Å². The summed E-state index contributed by atoms with van der Waals surface area (Å²) in [5.74, 6) is -0.958. The third-order valence-electron chi connectivity index (χ3n) is 3.27. The Morgan fingerprint density at radius 2 is 1.89 bits per heavy atom. The van der Waals surface area contributed by atoms with Gasteiger partial charge in [0.15, 0.2) is 18.1 Å². The molecule has 0 saturated heterocycles. The minimum Gasteiger partial charge on any atom is -0.490 e. The van der Waals surface area contributed by atoms with Crippen LogP contribution in [0.4, 0.5) is 0 Å². The molecule has 0 fully saturated rings. The largest absolute Gasteiger partial charge is 0.490 e.